The molecule has 0 aliphatic heterocycles. The van der Waals surface area contributed by atoms with E-state index in [1.165, 1.54) is 5.56 Å². The summed E-state index contributed by atoms with van der Waals surface area (Å²) >= 11 is 0. The Morgan fingerprint density at radius 3 is 2.79 bits per heavy atom. The highest BCUT2D eigenvalue weighted by atomic mass is 16.5. The van der Waals surface area contributed by atoms with Crippen molar-refractivity contribution < 1.29 is 9.84 Å². The first-order valence-corrected chi connectivity index (χ1v) is 7.07. The molecule has 1 aromatic rings. The zero-order valence-electron chi connectivity index (χ0n) is 12.2. The summed E-state index contributed by atoms with van der Waals surface area (Å²) in [5, 5.41) is 9.97. The van der Waals surface area contributed by atoms with E-state index in [1.54, 1.807) is 7.11 Å². The van der Waals surface area contributed by atoms with E-state index in [4.69, 9.17) is 4.74 Å². The lowest BCUT2D eigenvalue weighted by atomic mass is 9.74. The van der Waals surface area contributed by atoms with E-state index < -0.39 is 0 Å². The number of ether oxygens (including phenoxy) is 1. The number of methoxy groups -OCH3 is 1. The van der Waals surface area contributed by atoms with Crippen LogP contribution < -0.4 is 4.74 Å². The molecule has 1 aromatic carbocycles. The fourth-order valence-electron chi connectivity index (χ4n) is 3.18. The molecule has 3 atom stereocenters. The average molecular weight is 263 g/mol. The van der Waals surface area contributed by atoms with Gasteiger partial charge in [-0.05, 0) is 62.9 Å². The summed E-state index contributed by atoms with van der Waals surface area (Å²) in [6.07, 6.45) is 2.74. The Bertz CT molecular complexity index is 405. The van der Waals surface area contributed by atoms with Crippen LogP contribution in [0, 0.1) is 5.92 Å². The molecule has 1 saturated carbocycles. The number of aliphatic hydroxyl groups excluding tert-OH is 1. The van der Waals surface area contributed by atoms with Gasteiger partial charge in [-0.25, -0.2) is 0 Å². The van der Waals surface area contributed by atoms with E-state index >= 15 is 0 Å². The molecular formula is C16H25NO2. The van der Waals surface area contributed by atoms with E-state index in [-0.39, 0.29) is 6.10 Å². The van der Waals surface area contributed by atoms with Crippen molar-refractivity contribution in [2.24, 2.45) is 5.92 Å². The van der Waals surface area contributed by atoms with Crippen LogP contribution in [-0.2, 0) is 0 Å². The largest absolute Gasteiger partial charge is 0.497 e. The molecule has 19 heavy (non-hydrogen) atoms. The second-order valence-corrected chi connectivity index (χ2v) is 5.87. The van der Waals surface area contributed by atoms with Gasteiger partial charge in [0.15, 0.2) is 0 Å². The summed E-state index contributed by atoms with van der Waals surface area (Å²) in [7, 11) is 5.94. The first-order valence-electron chi connectivity index (χ1n) is 7.07. The van der Waals surface area contributed by atoms with Crippen LogP contribution in [0.15, 0.2) is 24.3 Å². The number of hydrogen-bond acceptors (Lipinski definition) is 3. The molecule has 0 amide bonds. The third-order valence-corrected chi connectivity index (χ3v) is 4.09. The van der Waals surface area contributed by atoms with Crippen LogP contribution in [0.5, 0.6) is 5.75 Å². The van der Waals surface area contributed by atoms with Gasteiger partial charge in [0.25, 0.3) is 0 Å². The maximum Gasteiger partial charge on any atom is 0.119 e. The fourth-order valence-corrected chi connectivity index (χ4v) is 3.18. The second-order valence-electron chi connectivity index (χ2n) is 5.87. The summed E-state index contributed by atoms with van der Waals surface area (Å²) in [6, 6.07) is 8.30. The molecule has 1 aliphatic carbocycles. The van der Waals surface area contributed by atoms with Crippen molar-refractivity contribution in [3.63, 3.8) is 0 Å². The van der Waals surface area contributed by atoms with Gasteiger partial charge >= 0.3 is 0 Å². The zero-order valence-corrected chi connectivity index (χ0v) is 12.2. The molecule has 0 heterocycles. The molecule has 0 saturated heterocycles. The van der Waals surface area contributed by atoms with Gasteiger partial charge in [-0.15, -0.1) is 0 Å². The molecule has 3 nitrogen and oxygen atoms in total. The molecular weight excluding hydrogens is 238 g/mol. The van der Waals surface area contributed by atoms with E-state index in [9.17, 15) is 5.11 Å². The Balaban J connectivity index is 2.20. The highest BCUT2D eigenvalue weighted by Gasteiger charge is 2.31. The SMILES string of the molecule is COc1cccc(C2CC(O)CCC2CN(C)C)c1. The van der Waals surface area contributed by atoms with Gasteiger partial charge in [0.2, 0.25) is 0 Å². The summed E-state index contributed by atoms with van der Waals surface area (Å²) in [5.74, 6) is 1.95. The zero-order chi connectivity index (χ0) is 13.8. The highest BCUT2D eigenvalue weighted by Crippen LogP contribution is 2.39. The van der Waals surface area contributed by atoms with E-state index in [0.29, 0.717) is 11.8 Å². The Hall–Kier alpha value is -1.06. The van der Waals surface area contributed by atoms with E-state index in [1.807, 2.05) is 12.1 Å². The first kappa shape index (κ1) is 14.4. The van der Waals surface area contributed by atoms with Crippen LogP contribution in [-0.4, -0.2) is 43.9 Å². The van der Waals surface area contributed by atoms with Gasteiger partial charge in [-0.1, -0.05) is 12.1 Å². The third kappa shape index (κ3) is 3.71. The number of benzene rings is 1. The molecule has 3 unspecified atom stereocenters. The maximum atomic E-state index is 9.97. The van der Waals surface area contributed by atoms with Crippen LogP contribution in [0.2, 0.25) is 0 Å². The molecule has 0 radical (unpaired) electrons. The van der Waals surface area contributed by atoms with Gasteiger partial charge in [0, 0.05) is 6.54 Å². The quantitative estimate of drug-likeness (QED) is 0.906. The van der Waals surface area contributed by atoms with Gasteiger partial charge < -0.3 is 14.7 Å². The van der Waals surface area contributed by atoms with Crippen molar-refractivity contribution in [1.82, 2.24) is 4.90 Å². The van der Waals surface area contributed by atoms with Gasteiger partial charge in [-0.3, -0.25) is 0 Å². The van der Waals surface area contributed by atoms with E-state index in [2.05, 4.69) is 31.1 Å². The lowest BCUT2D eigenvalue weighted by Crippen LogP contribution is -2.33. The van der Waals surface area contributed by atoms with Crippen molar-refractivity contribution in [1.29, 1.82) is 0 Å². The monoisotopic (exact) mass is 263 g/mol. The minimum absolute atomic E-state index is 0.158. The lowest BCUT2D eigenvalue weighted by molar-refractivity contribution is 0.0847. The van der Waals surface area contributed by atoms with Gasteiger partial charge in [0.1, 0.15) is 5.75 Å². The first-order chi connectivity index (χ1) is 9.10. The normalized spacial score (nSPS) is 27.5. The van der Waals surface area contributed by atoms with Crippen molar-refractivity contribution in [3.05, 3.63) is 29.8 Å². The Labute approximate surface area is 116 Å². The minimum atomic E-state index is -0.158. The maximum absolute atomic E-state index is 9.97. The Morgan fingerprint density at radius 1 is 1.32 bits per heavy atom. The molecule has 106 valence electrons. The molecule has 1 fully saturated rings. The third-order valence-electron chi connectivity index (χ3n) is 4.09. The summed E-state index contributed by atoms with van der Waals surface area (Å²) < 4.78 is 5.32. The average Bonchev–Trinajstić information content (AvgIpc) is 2.40. The van der Waals surface area contributed by atoms with Gasteiger partial charge in [-0.2, -0.15) is 0 Å². The molecule has 1 aliphatic rings. The molecule has 1 N–H and O–H groups in total. The predicted molar refractivity (Wildman–Crippen MR) is 77.6 cm³/mol. The number of aliphatic hydroxyl groups is 1. The lowest BCUT2D eigenvalue weighted by Gasteiger charge is -2.36. The van der Waals surface area contributed by atoms with Crippen LogP contribution >= 0.6 is 0 Å². The van der Waals surface area contributed by atoms with Crippen molar-refractivity contribution in [3.8, 4) is 5.75 Å². The molecule has 0 spiro atoms. The van der Waals surface area contributed by atoms with Crippen molar-refractivity contribution in [2.45, 2.75) is 31.3 Å². The number of rotatable bonds is 4. The van der Waals surface area contributed by atoms with Crippen LogP contribution in [0.3, 0.4) is 0 Å². The molecule has 0 aromatic heterocycles. The van der Waals surface area contributed by atoms with Crippen molar-refractivity contribution in [2.75, 3.05) is 27.7 Å². The highest BCUT2D eigenvalue weighted by molar-refractivity contribution is 5.31. The summed E-state index contributed by atoms with van der Waals surface area (Å²) in [4.78, 5) is 2.25. The van der Waals surface area contributed by atoms with E-state index in [0.717, 1.165) is 31.6 Å². The van der Waals surface area contributed by atoms with Crippen molar-refractivity contribution >= 4 is 0 Å². The summed E-state index contributed by atoms with van der Waals surface area (Å²) in [6.45, 7) is 1.08. The Kier molecular flexibility index (Phi) is 4.83. The molecule has 0 bridgehead atoms. The second kappa shape index (κ2) is 6.40. The Morgan fingerprint density at radius 2 is 2.11 bits per heavy atom. The molecule has 2 rings (SSSR count). The van der Waals surface area contributed by atoms with Crippen LogP contribution in [0.4, 0.5) is 0 Å². The fraction of sp³-hybridized carbons (Fsp3) is 0.625. The predicted octanol–water partition coefficient (Wildman–Crippen LogP) is 2.50. The number of hydrogen-bond donors (Lipinski definition) is 1. The molecule has 3 heteroatoms. The number of nitrogens with zero attached hydrogens (tertiary/aromatic N) is 1. The van der Waals surface area contributed by atoms with Crippen LogP contribution in [0.25, 0.3) is 0 Å². The smallest absolute Gasteiger partial charge is 0.119 e. The topological polar surface area (TPSA) is 32.7 Å². The standard InChI is InChI=1S/C16H25NO2/c1-17(2)11-13-7-8-14(18)10-16(13)12-5-4-6-15(9-12)19-3/h4-6,9,13-14,16,18H,7-8,10-11H2,1-3H3. The minimum Gasteiger partial charge on any atom is -0.497 e. The van der Waals surface area contributed by atoms with Crippen LogP contribution in [0.1, 0.15) is 30.7 Å². The van der Waals surface area contributed by atoms with Gasteiger partial charge in [0.05, 0.1) is 13.2 Å². The summed E-state index contributed by atoms with van der Waals surface area (Å²) in [5.41, 5.74) is 1.30.